The Bertz CT molecular complexity index is 536. The molecule has 1 aliphatic carbocycles. The molecule has 0 saturated heterocycles. The Balaban J connectivity index is 2.65. The van der Waals surface area contributed by atoms with Crippen molar-refractivity contribution in [1.29, 1.82) is 0 Å². The SMILES string of the molecule is COc1c(C(C)C)cc(C2(N=C=O)CCC2)cc1C(C)C. The van der Waals surface area contributed by atoms with Gasteiger partial charge in [0.2, 0.25) is 6.08 Å². The Morgan fingerprint density at radius 3 is 1.95 bits per heavy atom. The first kappa shape index (κ1) is 15.8. The van der Waals surface area contributed by atoms with Crippen molar-refractivity contribution in [2.45, 2.75) is 64.3 Å². The van der Waals surface area contributed by atoms with E-state index in [-0.39, 0.29) is 5.54 Å². The van der Waals surface area contributed by atoms with Gasteiger partial charge < -0.3 is 4.74 Å². The highest BCUT2D eigenvalue weighted by Gasteiger charge is 2.40. The van der Waals surface area contributed by atoms with Crippen LogP contribution in [0.15, 0.2) is 17.1 Å². The fourth-order valence-corrected chi connectivity index (χ4v) is 3.10. The molecular formula is C18H25NO2. The van der Waals surface area contributed by atoms with Crippen molar-refractivity contribution in [2.75, 3.05) is 7.11 Å². The van der Waals surface area contributed by atoms with Crippen LogP contribution in [-0.4, -0.2) is 13.2 Å². The molecule has 3 heteroatoms. The summed E-state index contributed by atoms with van der Waals surface area (Å²) in [4.78, 5) is 15.0. The average molecular weight is 287 g/mol. The number of nitrogens with zero attached hydrogens (tertiary/aromatic N) is 1. The van der Waals surface area contributed by atoms with Crippen molar-refractivity contribution >= 4 is 6.08 Å². The van der Waals surface area contributed by atoms with E-state index >= 15 is 0 Å². The van der Waals surface area contributed by atoms with E-state index in [1.54, 1.807) is 13.2 Å². The van der Waals surface area contributed by atoms with Gasteiger partial charge in [0.25, 0.3) is 0 Å². The van der Waals surface area contributed by atoms with Crippen molar-refractivity contribution in [1.82, 2.24) is 0 Å². The molecule has 0 spiro atoms. The molecule has 0 radical (unpaired) electrons. The van der Waals surface area contributed by atoms with Crippen LogP contribution in [0, 0.1) is 0 Å². The van der Waals surface area contributed by atoms with E-state index in [1.165, 1.54) is 11.1 Å². The zero-order valence-corrected chi connectivity index (χ0v) is 13.7. The molecule has 0 heterocycles. The summed E-state index contributed by atoms with van der Waals surface area (Å²) >= 11 is 0. The third-order valence-corrected chi connectivity index (χ3v) is 4.57. The van der Waals surface area contributed by atoms with E-state index < -0.39 is 0 Å². The van der Waals surface area contributed by atoms with Gasteiger partial charge in [-0.15, -0.1) is 0 Å². The lowest BCUT2D eigenvalue weighted by atomic mass is 9.71. The molecule has 114 valence electrons. The molecule has 3 nitrogen and oxygen atoms in total. The number of hydrogen-bond donors (Lipinski definition) is 0. The topological polar surface area (TPSA) is 38.7 Å². The fourth-order valence-electron chi connectivity index (χ4n) is 3.10. The second-order valence-corrected chi connectivity index (χ2v) is 6.59. The minimum Gasteiger partial charge on any atom is -0.496 e. The lowest BCUT2D eigenvalue weighted by molar-refractivity contribution is 0.255. The van der Waals surface area contributed by atoms with Crippen LogP contribution < -0.4 is 4.74 Å². The summed E-state index contributed by atoms with van der Waals surface area (Å²) in [5.74, 6) is 1.72. The van der Waals surface area contributed by atoms with Gasteiger partial charge in [0, 0.05) is 0 Å². The first-order chi connectivity index (χ1) is 9.95. The second-order valence-electron chi connectivity index (χ2n) is 6.59. The van der Waals surface area contributed by atoms with E-state index in [1.807, 2.05) is 0 Å². The molecule has 1 aliphatic rings. The van der Waals surface area contributed by atoms with Crippen molar-refractivity contribution in [3.8, 4) is 5.75 Å². The van der Waals surface area contributed by atoms with Crippen LogP contribution in [0.3, 0.4) is 0 Å². The summed E-state index contributed by atoms with van der Waals surface area (Å²) in [5.41, 5.74) is 3.20. The minimum absolute atomic E-state index is 0.346. The highest BCUT2D eigenvalue weighted by molar-refractivity contribution is 5.51. The van der Waals surface area contributed by atoms with Gasteiger partial charge in [-0.2, -0.15) is 4.99 Å². The van der Waals surface area contributed by atoms with E-state index in [0.717, 1.165) is 30.6 Å². The average Bonchev–Trinajstić information content (AvgIpc) is 2.41. The number of isocyanates is 1. The maximum absolute atomic E-state index is 10.8. The van der Waals surface area contributed by atoms with Gasteiger partial charge >= 0.3 is 0 Å². The van der Waals surface area contributed by atoms with Gasteiger partial charge in [0.15, 0.2) is 0 Å². The zero-order valence-electron chi connectivity index (χ0n) is 13.7. The summed E-state index contributed by atoms with van der Waals surface area (Å²) in [6.45, 7) is 8.68. The summed E-state index contributed by atoms with van der Waals surface area (Å²) < 4.78 is 5.67. The standard InChI is InChI=1S/C18H25NO2/c1-12(2)15-9-14(18(19-11-20)7-6-8-18)10-16(13(3)4)17(15)21-5/h9-10,12-13H,6-8H2,1-5H3. The smallest absolute Gasteiger partial charge is 0.235 e. The molecule has 1 fully saturated rings. The van der Waals surface area contributed by atoms with Crippen molar-refractivity contribution in [3.05, 3.63) is 28.8 Å². The lowest BCUT2D eigenvalue weighted by Gasteiger charge is -2.38. The number of rotatable bonds is 5. The van der Waals surface area contributed by atoms with E-state index in [9.17, 15) is 4.79 Å². The first-order valence-corrected chi connectivity index (χ1v) is 7.76. The monoisotopic (exact) mass is 287 g/mol. The molecule has 0 N–H and O–H groups in total. The Hall–Kier alpha value is -1.60. The third-order valence-electron chi connectivity index (χ3n) is 4.57. The Labute approximate surface area is 127 Å². The number of hydrogen-bond acceptors (Lipinski definition) is 3. The van der Waals surface area contributed by atoms with Crippen molar-refractivity contribution < 1.29 is 9.53 Å². The number of methoxy groups -OCH3 is 1. The Kier molecular flexibility index (Phi) is 4.53. The summed E-state index contributed by atoms with van der Waals surface area (Å²) in [6.07, 6.45) is 4.76. The molecule has 0 aliphatic heterocycles. The predicted octanol–water partition coefficient (Wildman–Crippen LogP) is 4.66. The molecule has 0 aromatic heterocycles. The summed E-state index contributed by atoms with van der Waals surface area (Å²) in [5, 5.41) is 0. The molecule has 0 unspecified atom stereocenters. The quantitative estimate of drug-likeness (QED) is 0.583. The van der Waals surface area contributed by atoms with Gasteiger partial charge in [0.05, 0.1) is 12.6 Å². The predicted molar refractivity (Wildman–Crippen MR) is 84.8 cm³/mol. The fraction of sp³-hybridized carbons (Fsp3) is 0.611. The van der Waals surface area contributed by atoms with Crippen LogP contribution in [0.1, 0.15) is 75.5 Å². The molecule has 0 amide bonds. The Morgan fingerprint density at radius 2 is 1.67 bits per heavy atom. The molecule has 0 bridgehead atoms. The molecule has 1 saturated carbocycles. The van der Waals surface area contributed by atoms with Gasteiger partial charge in [-0.05, 0) is 59.9 Å². The van der Waals surface area contributed by atoms with Crippen LogP contribution in [-0.2, 0) is 10.3 Å². The maximum Gasteiger partial charge on any atom is 0.235 e. The van der Waals surface area contributed by atoms with Crippen LogP contribution >= 0.6 is 0 Å². The molecule has 2 rings (SSSR count). The van der Waals surface area contributed by atoms with Gasteiger partial charge in [0.1, 0.15) is 5.75 Å². The Morgan fingerprint density at radius 1 is 1.14 bits per heavy atom. The van der Waals surface area contributed by atoms with E-state index in [2.05, 4.69) is 44.8 Å². The van der Waals surface area contributed by atoms with E-state index in [4.69, 9.17) is 4.74 Å². The number of benzene rings is 1. The van der Waals surface area contributed by atoms with E-state index in [0.29, 0.717) is 11.8 Å². The van der Waals surface area contributed by atoms with Gasteiger partial charge in [-0.25, -0.2) is 4.79 Å². The van der Waals surface area contributed by atoms with Crippen molar-refractivity contribution in [2.24, 2.45) is 4.99 Å². The minimum atomic E-state index is -0.346. The van der Waals surface area contributed by atoms with Gasteiger partial charge in [-0.1, -0.05) is 27.7 Å². The molecule has 21 heavy (non-hydrogen) atoms. The van der Waals surface area contributed by atoms with Crippen molar-refractivity contribution in [3.63, 3.8) is 0 Å². The van der Waals surface area contributed by atoms with Gasteiger partial charge in [-0.3, -0.25) is 0 Å². The van der Waals surface area contributed by atoms with Crippen LogP contribution in [0.25, 0.3) is 0 Å². The van der Waals surface area contributed by atoms with Crippen LogP contribution in [0.5, 0.6) is 5.75 Å². The highest BCUT2D eigenvalue weighted by Crippen LogP contribution is 2.48. The molecule has 1 aromatic rings. The number of carbonyl (C=O) groups excluding carboxylic acids is 1. The normalized spacial score (nSPS) is 16.5. The summed E-state index contributed by atoms with van der Waals surface area (Å²) in [6, 6.07) is 4.35. The maximum atomic E-state index is 10.8. The number of ether oxygens (including phenoxy) is 1. The third kappa shape index (κ3) is 2.75. The zero-order chi connectivity index (χ0) is 15.6. The lowest BCUT2D eigenvalue weighted by Crippen LogP contribution is -2.32. The second kappa shape index (κ2) is 6.03. The summed E-state index contributed by atoms with van der Waals surface area (Å²) in [7, 11) is 1.73. The molecule has 1 aromatic carbocycles. The molecular weight excluding hydrogens is 262 g/mol. The number of aliphatic imine (C=N–C) groups is 1. The van der Waals surface area contributed by atoms with Crippen LogP contribution in [0.2, 0.25) is 0 Å². The van der Waals surface area contributed by atoms with Crippen LogP contribution in [0.4, 0.5) is 0 Å². The highest BCUT2D eigenvalue weighted by atomic mass is 16.5. The molecule has 0 atom stereocenters. The largest absolute Gasteiger partial charge is 0.496 e. The first-order valence-electron chi connectivity index (χ1n) is 7.76.